The second kappa shape index (κ2) is 5.63. The lowest BCUT2D eigenvalue weighted by molar-refractivity contribution is 0.442. The molecular weight excluding hydrogens is 276 g/mol. The van der Waals surface area contributed by atoms with Crippen molar-refractivity contribution in [3.63, 3.8) is 0 Å². The minimum absolute atomic E-state index is 0.278. The molecule has 0 aliphatic heterocycles. The van der Waals surface area contributed by atoms with Gasteiger partial charge in [-0.1, -0.05) is 11.6 Å². The molecule has 0 atom stereocenters. The topological polar surface area (TPSA) is 60.8 Å². The zero-order chi connectivity index (χ0) is 13.8. The van der Waals surface area contributed by atoms with E-state index in [0.29, 0.717) is 16.5 Å². The highest BCUT2D eigenvalue weighted by molar-refractivity contribution is 6.33. The largest absolute Gasteiger partial charge is 0.424 e. The fraction of sp³-hybridized carbons (Fsp3) is 0. The summed E-state index contributed by atoms with van der Waals surface area (Å²) in [6, 6.07) is 7.27. The molecule has 98 valence electrons. The Balaban J connectivity index is 1.95. The van der Waals surface area contributed by atoms with E-state index in [2.05, 4.69) is 19.9 Å². The summed E-state index contributed by atoms with van der Waals surface area (Å²) in [7, 11) is 0. The third kappa shape index (κ3) is 2.73. The summed E-state index contributed by atoms with van der Waals surface area (Å²) in [5.74, 6) is 0.584. The van der Waals surface area contributed by atoms with Crippen molar-refractivity contribution >= 4 is 11.6 Å². The van der Waals surface area contributed by atoms with Gasteiger partial charge in [0, 0.05) is 30.4 Å². The Morgan fingerprint density at radius 2 is 1.80 bits per heavy atom. The van der Waals surface area contributed by atoms with Gasteiger partial charge >= 0.3 is 6.01 Å². The van der Waals surface area contributed by atoms with Crippen molar-refractivity contribution in [2.45, 2.75) is 0 Å². The van der Waals surface area contributed by atoms with E-state index in [1.807, 2.05) is 0 Å². The van der Waals surface area contributed by atoms with Gasteiger partial charge in [0.05, 0.1) is 16.9 Å². The predicted molar refractivity (Wildman–Crippen MR) is 74.6 cm³/mol. The van der Waals surface area contributed by atoms with Crippen LogP contribution < -0.4 is 4.74 Å². The van der Waals surface area contributed by atoms with Crippen LogP contribution in [0.25, 0.3) is 11.3 Å². The number of halogens is 1. The Hall–Kier alpha value is -2.53. The number of hydrogen-bond donors (Lipinski definition) is 0. The summed E-state index contributed by atoms with van der Waals surface area (Å²) in [5.41, 5.74) is 1.42. The summed E-state index contributed by atoms with van der Waals surface area (Å²) < 4.78 is 5.57. The van der Waals surface area contributed by atoms with Gasteiger partial charge in [0.2, 0.25) is 0 Å². The van der Waals surface area contributed by atoms with E-state index >= 15 is 0 Å². The molecule has 3 rings (SSSR count). The lowest BCUT2D eigenvalue weighted by Gasteiger charge is -2.07. The molecule has 0 aliphatic carbocycles. The first-order chi connectivity index (χ1) is 9.83. The molecule has 5 nitrogen and oxygen atoms in total. The van der Waals surface area contributed by atoms with Crippen molar-refractivity contribution in [1.82, 2.24) is 19.9 Å². The average molecular weight is 285 g/mol. The third-order valence-corrected chi connectivity index (χ3v) is 2.86. The highest BCUT2D eigenvalue weighted by Gasteiger charge is 2.08. The summed E-state index contributed by atoms with van der Waals surface area (Å²) in [6.45, 7) is 0. The van der Waals surface area contributed by atoms with Gasteiger partial charge in [0.15, 0.2) is 0 Å². The SMILES string of the molecule is Clc1ccc(Oc2ncccn2)cc1-c1cnccn1. The van der Waals surface area contributed by atoms with Crippen LogP contribution in [0.3, 0.4) is 0 Å². The molecule has 0 amide bonds. The molecule has 0 fully saturated rings. The molecule has 3 aromatic rings. The molecule has 20 heavy (non-hydrogen) atoms. The van der Waals surface area contributed by atoms with Crippen LogP contribution in [0.2, 0.25) is 5.02 Å². The Kier molecular flexibility index (Phi) is 3.52. The molecular formula is C14H9ClN4O. The zero-order valence-electron chi connectivity index (χ0n) is 10.3. The van der Waals surface area contributed by atoms with E-state index in [4.69, 9.17) is 16.3 Å². The molecule has 0 bridgehead atoms. The zero-order valence-corrected chi connectivity index (χ0v) is 11.0. The van der Waals surface area contributed by atoms with Crippen molar-refractivity contribution in [2.24, 2.45) is 0 Å². The molecule has 0 N–H and O–H groups in total. The third-order valence-electron chi connectivity index (χ3n) is 2.53. The van der Waals surface area contributed by atoms with E-state index < -0.39 is 0 Å². The van der Waals surface area contributed by atoms with Crippen molar-refractivity contribution < 1.29 is 4.74 Å². The lowest BCUT2D eigenvalue weighted by Crippen LogP contribution is -1.92. The number of nitrogens with zero attached hydrogens (tertiary/aromatic N) is 4. The summed E-state index contributed by atoms with van der Waals surface area (Å²) in [4.78, 5) is 16.3. The van der Waals surface area contributed by atoms with Crippen LogP contribution in [-0.4, -0.2) is 19.9 Å². The Bertz CT molecular complexity index is 707. The maximum Gasteiger partial charge on any atom is 0.321 e. The van der Waals surface area contributed by atoms with Crippen LogP contribution >= 0.6 is 11.6 Å². The van der Waals surface area contributed by atoms with Crippen LogP contribution in [-0.2, 0) is 0 Å². The highest BCUT2D eigenvalue weighted by Crippen LogP contribution is 2.31. The van der Waals surface area contributed by atoms with Crippen LogP contribution in [0.15, 0.2) is 55.2 Å². The number of ether oxygens (including phenoxy) is 1. The van der Waals surface area contributed by atoms with Crippen LogP contribution in [0, 0.1) is 0 Å². The maximum absolute atomic E-state index is 6.18. The average Bonchev–Trinajstić information content (AvgIpc) is 2.51. The molecule has 0 aliphatic rings. The summed E-state index contributed by atoms with van der Waals surface area (Å²) in [6.07, 6.45) is 8.09. The number of benzene rings is 1. The molecule has 0 saturated heterocycles. The monoisotopic (exact) mass is 284 g/mol. The number of aromatic nitrogens is 4. The number of rotatable bonds is 3. The normalized spacial score (nSPS) is 10.2. The Morgan fingerprint density at radius 3 is 2.55 bits per heavy atom. The van der Waals surface area contributed by atoms with Crippen LogP contribution in [0.4, 0.5) is 0 Å². The number of hydrogen-bond acceptors (Lipinski definition) is 5. The van der Waals surface area contributed by atoms with Gasteiger partial charge < -0.3 is 4.74 Å². The predicted octanol–water partition coefficient (Wildman–Crippen LogP) is 3.38. The van der Waals surface area contributed by atoms with Gasteiger partial charge in [0.1, 0.15) is 5.75 Å². The lowest BCUT2D eigenvalue weighted by atomic mass is 10.1. The molecule has 0 spiro atoms. The van der Waals surface area contributed by atoms with Gasteiger partial charge in [-0.2, -0.15) is 0 Å². The van der Waals surface area contributed by atoms with Gasteiger partial charge in [-0.15, -0.1) is 0 Å². The van der Waals surface area contributed by atoms with E-state index in [1.165, 1.54) is 0 Å². The summed E-state index contributed by atoms with van der Waals surface area (Å²) in [5, 5.41) is 0.576. The summed E-state index contributed by atoms with van der Waals surface area (Å²) >= 11 is 6.18. The van der Waals surface area contributed by atoms with Gasteiger partial charge in [-0.05, 0) is 24.3 Å². The molecule has 6 heteroatoms. The Morgan fingerprint density at radius 1 is 0.950 bits per heavy atom. The standard InChI is InChI=1S/C14H9ClN4O/c15-12-3-2-10(20-14-18-4-1-5-19-14)8-11(12)13-9-16-6-7-17-13/h1-9H. The fourth-order valence-electron chi connectivity index (χ4n) is 1.65. The minimum atomic E-state index is 0.278. The first-order valence-corrected chi connectivity index (χ1v) is 6.21. The second-order valence-electron chi connectivity index (χ2n) is 3.87. The molecule has 0 radical (unpaired) electrons. The van der Waals surface area contributed by atoms with Crippen LogP contribution in [0.5, 0.6) is 11.8 Å². The molecule has 0 saturated carbocycles. The van der Waals surface area contributed by atoms with Gasteiger partial charge in [-0.25, -0.2) is 9.97 Å². The van der Waals surface area contributed by atoms with Gasteiger partial charge in [0.25, 0.3) is 0 Å². The first-order valence-electron chi connectivity index (χ1n) is 5.84. The molecule has 2 heterocycles. The molecule has 2 aromatic heterocycles. The van der Waals surface area contributed by atoms with E-state index in [1.54, 1.807) is 55.2 Å². The Labute approximate surface area is 120 Å². The van der Waals surface area contributed by atoms with Crippen molar-refractivity contribution in [3.8, 4) is 23.0 Å². The van der Waals surface area contributed by atoms with Crippen molar-refractivity contribution in [1.29, 1.82) is 0 Å². The van der Waals surface area contributed by atoms with Crippen LogP contribution in [0.1, 0.15) is 0 Å². The maximum atomic E-state index is 6.18. The smallest absolute Gasteiger partial charge is 0.321 e. The highest BCUT2D eigenvalue weighted by atomic mass is 35.5. The second-order valence-corrected chi connectivity index (χ2v) is 4.27. The molecule has 0 unspecified atom stereocenters. The van der Waals surface area contributed by atoms with Gasteiger partial charge in [-0.3, -0.25) is 9.97 Å². The quantitative estimate of drug-likeness (QED) is 0.738. The van der Waals surface area contributed by atoms with Crippen molar-refractivity contribution in [3.05, 3.63) is 60.3 Å². The fourth-order valence-corrected chi connectivity index (χ4v) is 1.86. The van der Waals surface area contributed by atoms with E-state index in [0.717, 1.165) is 5.56 Å². The van der Waals surface area contributed by atoms with E-state index in [9.17, 15) is 0 Å². The first kappa shape index (κ1) is 12.5. The van der Waals surface area contributed by atoms with Crippen molar-refractivity contribution in [2.75, 3.05) is 0 Å². The minimum Gasteiger partial charge on any atom is -0.424 e. The molecule has 1 aromatic carbocycles. The van der Waals surface area contributed by atoms with E-state index in [-0.39, 0.29) is 6.01 Å².